The Morgan fingerprint density at radius 1 is 0.837 bits per heavy atom. The van der Waals surface area contributed by atoms with Crippen LogP contribution in [0.15, 0.2) is 24.3 Å². The van der Waals surface area contributed by atoms with Gasteiger partial charge in [-0.25, -0.2) is 0 Å². The van der Waals surface area contributed by atoms with Crippen LogP contribution in [0.5, 0.6) is 0 Å². The van der Waals surface area contributed by atoms with E-state index in [9.17, 15) is 4.79 Å². The van der Waals surface area contributed by atoms with Gasteiger partial charge >= 0.3 is 5.97 Å². The van der Waals surface area contributed by atoms with E-state index in [0.717, 1.165) is 103 Å². The molecule has 4 fully saturated rings. The number of rotatable bonds is 17. The van der Waals surface area contributed by atoms with E-state index >= 15 is 0 Å². The highest BCUT2D eigenvalue weighted by atomic mass is 16.7. The Labute approximate surface area is 260 Å². The van der Waals surface area contributed by atoms with Crippen LogP contribution in [0.25, 0.3) is 0 Å². The SMILES string of the molecule is CCCCCC(C=C[C@@H]1[C@@H](CC=CCCC(=O)OC)[C@@H](OC2CCCCO2)C[C@H]1OC1CCCCO1)OC1CCCCO1. The smallest absolute Gasteiger partial charge is 0.305 e. The van der Waals surface area contributed by atoms with Crippen molar-refractivity contribution in [2.45, 2.75) is 153 Å². The van der Waals surface area contributed by atoms with Crippen molar-refractivity contribution in [3.63, 3.8) is 0 Å². The van der Waals surface area contributed by atoms with E-state index in [4.69, 9.17) is 33.2 Å². The fourth-order valence-electron chi connectivity index (χ4n) is 6.73. The summed E-state index contributed by atoms with van der Waals surface area (Å²) in [6.45, 7) is 4.54. The van der Waals surface area contributed by atoms with Crippen molar-refractivity contribution in [2.24, 2.45) is 11.8 Å². The van der Waals surface area contributed by atoms with Gasteiger partial charge in [0.25, 0.3) is 0 Å². The summed E-state index contributed by atoms with van der Waals surface area (Å²) in [5.41, 5.74) is 0. The van der Waals surface area contributed by atoms with Crippen LogP contribution in [-0.2, 0) is 38.0 Å². The highest BCUT2D eigenvalue weighted by molar-refractivity contribution is 5.69. The van der Waals surface area contributed by atoms with Crippen molar-refractivity contribution >= 4 is 5.97 Å². The van der Waals surface area contributed by atoms with E-state index in [2.05, 4.69) is 31.2 Å². The minimum Gasteiger partial charge on any atom is -0.469 e. The summed E-state index contributed by atoms with van der Waals surface area (Å²) in [5.74, 6) is 0.180. The van der Waals surface area contributed by atoms with Gasteiger partial charge in [0.15, 0.2) is 18.9 Å². The fraction of sp³-hybridized carbons (Fsp3) is 0.857. The Hall–Kier alpha value is -1.29. The third kappa shape index (κ3) is 12.2. The van der Waals surface area contributed by atoms with Gasteiger partial charge in [-0.15, -0.1) is 0 Å². The minimum absolute atomic E-state index is 0.0105. The summed E-state index contributed by atoms with van der Waals surface area (Å²) in [7, 11) is 1.44. The maximum atomic E-state index is 11.6. The molecule has 8 heteroatoms. The van der Waals surface area contributed by atoms with Gasteiger partial charge in [-0.1, -0.05) is 50.5 Å². The van der Waals surface area contributed by atoms with E-state index < -0.39 is 0 Å². The molecule has 3 saturated heterocycles. The fourth-order valence-corrected chi connectivity index (χ4v) is 6.73. The van der Waals surface area contributed by atoms with Gasteiger partial charge in [-0.05, 0) is 83.0 Å². The molecule has 3 heterocycles. The number of ether oxygens (including phenoxy) is 7. The van der Waals surface area contributed by atoms with E-state index in [1.54, 1.807) is 0 Å². The Morgan fingerprint density at radius 3 is 2.09 bits per heavy atom. The predicted octanol–water partition coefficient (Wildman–Crippen LogP) is 7.39. The lowest BCUT2D eigenvalue weighted by molar-refractivity contribution is -0.203. The monoisotopic (exact) mass is 606 g/mol. The zero-order valence-corrected chi connectivity index (χ0v) is 26.8. The number of carbonyl (C=O) groups excluding carboxylic acids is 1. The first-order valence-electron chi connectivity index (χ1n) is 17.4. The summed E-state index contributed by atoms with van der Waals surface area (Å²) in [6.07, 6.45) is 25.3. The highest BCUT2D eigenvalue weighted by Crippen LogP contribution is 2.42. The molecule has 0 aromatic carbocycles. The van der Waals surface area contributed by atoms with Gasteiger partial charge in [-0.2, -0.15) is 0 Å². The van der Waals surface area contributed by atoms with Crippen LogP contribution in [0.3, 0.4) is 0 Å². The Bertz CT molecular complexity index is 813. The second-order valence-corrected chi connectivity index (χ2v) is 12.6. The van der Waals surface area contributed by atoms with Crippen LogP contribution in [0.2, 0.25) is 0 Å². The summed E-state index contributed by atoms with van der Waals surface area (Å²) < 4.78 is 42.8. The molecule has 0 aromatic heterocycles. The Kier molecular flexibility index (Phi) is 16.1. The standard InChI is InChI=1S/C35H58O8/c1-3-4-6-15-27(41-33-18-9-12-23-38-33)21-22-29-28(16-7-5-8-17-32(36)37-2)30(42-34-19-10-13-24-39-34)26-31(29)43-35-20-11-14-25-40-35/h5,7,21-22,27-31,33-35H,3-4,6,8-20,23-26H2,1-2H3/t27?,28-,29-,30+,31-,33?,34?,35?/m1/s1. The number of carbonyl (C=O) groups is 1. The quantitative estimate of drug-likeness (QED) is 0.0963. The van der Waals surface area contributed by atoms with Crippen LogP contribution in [0.4, 0.5) is 0 Å². The van der Waals surface area contributed by atoms with Gasteiger partial charge in [0.1, 0.15) is 0 Å². The lowest BCUT2D eigenvalue weighted by atomic mass is 9.89. The van der Waals surface area contributed by atoms with E-state index in [0.29, 0.717) is 12.8 Å². The molecule has 1 aliphatic carbocycles. The topological polar surface area (TPSA) is 81.7 Å². The largest absolute Gasteiger partial charge is 0.469 e. The minimum atomic E-state index is -0.181. The van der Waals surface area contributed by atoms with Gasteiger partial charge in [0.05, 0.1) is 25.4 Å². The molecule has 246 valence electrons. The van der Waals surface area contributed by atoms with Crippen molar-refractivity contribution in [2.75, 3.05) is 26.9 Å². The van der Waals surface area contributed by atoms with Crippen molar-refractivity contribution in [3.8, 4) is 0 Å². The maximum absolute atomic E-state index is 11.6. The average molecular weight is 607 g/mol. The first-order chi connectivity index (χ1) is 21.2. The molecule has 43 heavy (non-hydrogen) atoms. The molecule has 8 atom stereocenters. The Balaban J connectivity index is 1.51. The molecule has 0 bridgehead atoms. The Morgan fingerprint density at radius 2 is 1.49 bits per heavy atom. The van der Waals surface area contributed by atoms with Gasteiger partial charge in [0.2, 0.25) is 0 Å². The molecule has 0 radical (unpaired) electrons. The molecular formula is C35H58O8. The summed E-state index contributed by atoms with van der Waals surface area (Å²) in [6, 6.07) is 0. The highest BCUT2D eigenvalue weighted by Gasteiger charge is 2.45. The van der Waals surface area contributed by atoms with Crippen LogP contribution < -0.4 is 0 Å². The van der Waals surface area contributed by atoms with E-state index in [1.807, 2.05) is 0 Å². The molecule has 0 N–H and O–H groups in total. The normalized spacial score (nSPS) is 32.8. The molecule has 0 aromatic rings. The number of methoxy groups -OCH3 is 1. The lowest BCUT2D eigenvalue weighted by Gasteiger charge is -2.30. The third-order valence-corrected chi connectivity index (χ3v) is 9.22. The number of unbranched alkanes of at least 4 members (excludes halogenated alkanes) is 2. The summed E-state index contributed by atoms with van der Waals surface area (Å²) >= 11 is 0. The molecule has 0 spiro atoms. The number of hydrogen-bond acceptors (Lipinski definition) is 8. The molecule has 1 saturated carbocycles. The van der Waals surface area contributed by atoms with Crippen molar-refractivity contribution in [1.82, 2.24) is 0 Å². The molecule has 4 aliphatic rings. The van der Waals surface area contributed by atoms with E-state index in [1.165, 1.54) is 20.0 Å². The number of esters is 1. The van der Waals surface area contributed by atoms with E-state index in [-0.39, 0.29) is 55.0 Å². The average Bonchev–Trinajstić information content (AvgIpc) is 3.35. The molecule has 4 rings (SSSR count). The second-order valence-electron chi connectivity index (χ2n) is 12.6. The van der Waals surface area contributed by atoms with Crippen molar-refractivity contribution in [3.05, 3.63) is 24.3 Å². The van der Waals surface area contributed by atoms with Crippen molar-refractivity contribution < 1.29 is 38.0 Å². The number of allylic oxidation sites excluding steroid dienone is 2. The third-order valence-electron chi connectivity index (χ3n) is 9.22. The first-order valence-corrected chi connectivity index (χ1v) is 17.4. The molecule has 4 unspecified atom stereocenters. The number of hydrogen-bond donors (Lipinski definition) is 0. The van der Waals surface area contributed by atoms with Gasteiger partial charge in [0, 0.05) is 38.6 Å². The second kappa shape index (κ2) is 20.0. The summed E-state index contributed by atoms with van der Waals surface area (Å²) in [5, 5.41) is 0. The molecule has 0 amide bonds. The lowest BCUT2D eigenvalue weighted by Crippen LogP contribution is -2.31. The van der Waals surface area contributed by atoms with Crippen molar-refractivity contribution in [1.29, 1.82) is 0 Å². The van der Waals surface area contributed by atoms with Gasteiger partial charge in [-0.3, -0.25) is 4.79 Å². The van der Waals surface area contributed by atoms with Crippen LogP contribution in [0, 0.1) is 11.8 Å². The molecular weight excluding hydrogens is 548 g/mol. The van der Waals surface area contributed by atoms with Gasteiger partial charge < -0.3 is 33.2 Å². The summed E-state index contributed by atoms with van der Waals surface area (Å²) in [4.78, 5) is 11.6. The zero-order valence-electron chi connectivity index (χ0n) is 26.8. The van der Waals surface area contributed by atoms with Crippen LogP contribution >= 0.6 is 0 Å². The predicted molar refractivity (Wildman–Crippen MR) is 165 cm³/mol. The van der Waals surface area contributed by atoms with Crippen LogP contribution in [-0.4, -0.2) is 70.1 Å². The maximum Gasteiger partial charge on any atom is 0.305 e. The zero-order chi connectivity index (χ0) is 30.1. The molecule has 3 aliphatic heterocycles. The molecule has 8 nitrogen and oxygen atoms in total. The first kappa shape index (κ1) is 34.6. The van der Waals surface area contributed by atoms with Crippen LogP contribution in [0.1, 0.15) is 116 Å².